The number of amidine groups is 1. The maximum Gasteiger partial charge on any atom is 0.163 e. The number of nitrogens with zero attached hydrogens (tertiary/aromatic N) is 4. The number of para-hydroxylation sites is 1. The molecular weight excluding hydrogens is 404 g/mol. The molecule has 0 saturated heterocycles. The number of anilines is 2. The summed E-state index contributed by atoms with van der Waals surface area (Å²) >= 11 is 0. The van der Waals surface area contributed by atoms with Crippen molar-refractivity contribution in [3.8, 4) is 11.1 Å². The van der Waals surface area contributed by atoms with Crippen LogP contribution in [0.5, 0.6) is 0 Å². The fourth-order valence-corrected chi connectivity index (χ4v) is 4.99. The standard InChI is InChI=1S/C23H20N4.3C2H6/c1-3-23(2)19-12-6-11-17-16-9-4-5-10-18(16)21-25-27(15-8-7-13-24-14-15)22(23)26(21)20(17)19;3*1-2/h4-14,22H,3H2,1-2H3;3*1-2H3. The van der Waals surface area contributed by atoms with Crippen molar-refractivity contribution in [2.75, 3.05) is 9.91 Å². The Morgan fingerprint density at radius 3 is 2.12 bits per heavy atom. The second kappa shape index (κ2) is 10.2. The van der Waals surface area contributed by atoms with Crippen LogP contribution in [0.4, 0.5) is 11.4 Å². The van der Waals surface area contributed by atoms with Crippen molar-refractivity contribution in [3.63, 3.8) is 0 Å². The Morgan fingerprint density at radius 1 is 0.818 bits per heavy atom. The van der Waals surface area contributed by atoms with Gasteiger partial charge in [0, 0.05) is 22.7 Å². The molecule has 6 rings (SSSR count). The highest BCUT2D eigenvalue weighted by molar-refractivity contribution is 6.22. The first-order valence-corrected chi connectivity index (χ1v) is 12.5. The first-order valence-electron chi connectivity index (χ1n) is 12.5. The van der Waals surface area contributed by atoms with Gasteiger partial charge in [-0.25, -0.2) is 5.01 Å². The molecule has 4 heterocycles. The van der Waals surface area contributed by atoms with Crippen LogP contribution in [0.2, 0.25) is 0 Å². The average molecular weight is 443 g/mol. The second-order valence-electron chi connectivity index (χ2n) is 7.74. The van der Waals surface area contributed by atoms with Gasteiger partial charge in [0.1, 0.15) is 6.17 Å². The van der Waals surface area contributed by atoms with Crippen molar-refractivity contribution in [2.24, 2.45) is 5.10 Å². The normalized spacial score (nSPS) is 20.1. The van der Waals surface area contributed by atoms with Gasteiger partial charge in [0.2, 0.25) is 0 Å². The molecule has 3 aromatic rings. The van der Waals surface area contributed by atoms with Gasteiger partial charge >= 0.3 is 0 Å². The van der Waals surface area contributed by atoms with E-state index in [4.69, 9.17) is 5.10 Å². The number of aromatic nitrogens is 1. The summed E-state index contributed by atoms with van der Waals surface area (Å²) < 4.78 is 0. The van der Waals surface area contributed by atoms with Crippen LogP contribution in [0.3, 0.4) is 0 Å². The van der Waals surface area contributed by atoms with Gasteiger partial charge < -0.3 is 0 Å². The molecular formula is C29H38N4. The first kappa shape index (κ1) is 24.5. The first-order chi connectivity index (χ1) is 16.2. The summed E-state index contributed by atoms with van der Waals surface area (Å²) in [5.41, 5.74) is 7.57. The van der Waals surface area contributed by atoms with Gasteiger partial charge in [-0.1, -0.05) is 97.9 Å². The molecule has 0 radical (unpaired) electrons. The Hall–Kier alpha value is -3.14. The van der Waals surface area contributed by atoms with Crippen LogP contribution in [0.1, 0.15) is 72.9 Å². The predicted octanol–water partition coefficient (Wildman–Crippen LogP) is 7.84. The molecule has 0 spiro atoms. The van der Waals surface area contributed by atoms with Crippen LogP contribution in [0.25, 0.3) is 11.1 Å². The van der Waals surface area contributed by atoms with Crippen LogP contribution in [0, 0.1) is 0 Å². The highest BCUT2D eigenvalue weighted by Gasteiger charge is 2.57. The minimum Gasteiger partial charge on any atom is -0.300 e. The Morgan fingerprint density at radius 2 is 1.48 bits per heavy atom. The largest absolute Gasteiger partial charge is 0.300 e. The lowest BCUT2D eigenvalue weighted by molar-refractivity contribution is 0.386. The zero-order valence-electron chi connectivity index (χ0n) is 21.4. The third-order valence-electron chi connectivity index (χ3n) is 6.47. The molecule has 3 aliphatic rings. The van der Waals surface area contributed by atoms with E-state index in [1.807, 2.05) is 60.0 Å². The minimum atomic E-state index is -0.0194. The maximum absolute atomic E-state index is 5.13. The summed E-state index contributed by atoms with van der Waals surface area (Å²) in [5.74, 6) is 1.05. The molecule has 0 saturated carbocycles. The zero-order chi connectivity index (χ0) is 24.2. The molecule has 3 aliphatic heterocycles. The van der Waals surface area contributed by atoms with Crippen molar-refractivity contribution < 1.29 is 0 Å². The molecule has 0 amide bonds. The van der Waals surface area contributed by atoms with E-state index >= 15 is 0 Å². The van der Waals surface area contributed by atoms with Gasteiger partial charge in [-0.2, -0.15) is 5.10 Å². The van der Waals surface area contributed by atoms with E-state index in [-0.39, 0.29) is 11.6 Å². The average Bonchev–Trinajstić information content (AvgIpc) is 3.44. The third kappa shape index (κ3) is 3.52. The summed E-state index contributed by atoms with van der Waals surface area (Å²) in [4.78, 5) is 6.81. The van der Waals surface area contributed by atoms with E-state index in [0.29, 0.717) is 0 Å². The van der Waals surface area contributed by atoms with Crippen LogP contribution < -0.4 is 9.91 Å². The topological polar surface area (TPSA) is 31.7 Å². The number of pyridine rings is 1. The van der Waals surface area contributed by atoms with Crippen molar-refractivity contribution in [2.45, 2.75) is 73.4 Å². The van der Waals surface area contributed by atoms with Crippen molar-refractivity contribution in [1.82, 2.24) is 4.98 Å². The second-order valence-corrected chi connectivity index (χ2v) is 7.74. The molecule has 1 aromatic heterocycles. The van der Waals surface area contributed by atoms with Crippen LogP contribution >= 0.6 is 0 Å². The molecule has 174 valence electrons. The van der Waals surface area contributed by atoms with E-state index in [0.717, 1.165) is 17.9 Å². The number of benzene rings is 2. The van der Waals surface area contributed by atoms with E-state index in [1.54, 1.807) is 0 Å². The van der Waals surface area contributed by atoms with E-state index in [9.17, 15) is 0 Å². The summed E-state index contributed by atoms with van der Waals surface area (Å²) in [6.45, 7) is 16.7. The Labute approximate surface area is 200 Å². The van der Waals surface area contributed by atoms with E-state index in [1.165, 1.54) is 27.9 Å². The molecule has 0 bridgehead atoms. The van der Waals surface area contributed by atoms with Gasteiger partial charge in [0.25, 0.3) is 0 Å². The smallest absolute Gasteiger partial charge is 0.163 e. The molecule has 33 heavy (non-hydrogen) atoms. The zero-order valence-corrected chi connectivity index (χ0v) is 21.4. The molecule has 2 aromatic carbocycles. The quantitative estimate of drug-likeness (QED) is 0.405. The van der Waals surface area contributed by atoms with Crippen LogP contribution in [-0.4, -0.2) is 17.0 Å². The Bertz CT molecular complexity index is 1110. The SMILES string of the molecule is CC.CC.CC.CCC1(C)c2cccc3c2N2C(=NN(c4cccnc4)C21)c1ccccc1-3. The van der Waals surface area contributed by atoms with E-state index < -0.39 is 0 Å². The number of hydrogen-bond donors (Lipinski definition) is 0. The molecule has 0 aliphatic carbocycles. The Balaban J connectivity index is 0.000000475. The van der Waals surface area contributed by atoms with Gasteiger partial charge in [-0.05, 0) is 29.7 Å². The van der Waals surface area contributed by atoms with Gasteiger partial charge in [0.05, 0.1) is 17.6 Å². The lowest BCUT2D eigenvalue weighted by Gasteiger charge is -2.37. The van der Waals surface area contributed by atoms with Crippen LogP contribution in [0.15, 0.2) is 72.1 Å². The summed E-state index contributed by atoms with van der Waals surface area (Å²) in [5, 5.41) is 7.30. The van der Waals surface area contributed by atoms with Gasteiger partial charge in [-0.15, -0.1) is 0 Å². The number of rotatable bonds is 2. The van der Waals surface area contributed by atoms with E-state index in [2.05, 4.69) is 77.3 Å². The van der Waals surface area contributed by atoms with Gasteiger partial charge in [0.15, 0.2) is 5.84 Å². The number of hydrazone groups is 1. The maximum atomic E-state index is 5.13. The minimum absolute atomic E-state index is 0.0194. The fourth-order valence-electron chi connectivity index (χ4n) is 4.99. The van der Waals surface area contributed by atoms with Crippen molar-refractivity contribution in [1.29, 1.82) is 0 Å². The van der Waals surface area contributed by atoms with Crippen LogP contribution in [-0.2, 0) is 5.41 Å². The summed E-state index contributed by atoms with van der Waals surface area (Å²) in [7, 11) is 0. The van der Waals surface area contributed by atoms with Crippen molar-refractivity contribution in [3.05, 3.63) is 78.1 Å². The predicted molar refractivity (Wildman–Crippen MR) is 143 cm³/mol. The monoisotopic (exact) mass is 442 g/mol. The molecule has 2 atom stereocenters. The fraction of sp³-hybridized carbons (Fsp3) is 0.379. The third-order valence-corrected chi connectivity index (χ3v) is 6.47. The highest BCUT2D eigenvalue weighted by atomic mass is 15.6. The lowest BCUT2D eigenvalue weighted by atomic mass is 9.78. The van der Waals surface area contributed by atoms with Gasteiger partial charge in [-0.3, -0.25) is 9.88 Å². The molecule has 4 nitrogen and oxygen atoms in total. The summed E-state index contributed by atoms with van der Waals surface area (Å²) in [6.07, 6.45) is 4.90. The highest BCUT2D eigenvalue weighted by Crippen LogP contribution is 2.57. The lowest BCUT2D eigenvalue weighted by Crippen LogP contribution is -2.50. The molecule has 0 fully saturated rings. The van der Waals surface area contributed by atoms with Crippen molar-refractivity contribution >= 4 is 17.2 Å². The number of hydrogen-bond acceptors (Lipinski definition) is 4. The Kier molecular flexibility index (Phi) is 7.57. The summed E-state index contributed by atoms with van der Waals surface area (Å²) in [6, 6.07) is 19.5. The molecule has 4 heteroatoms. The molecule has 2 unspecified atom stereocenters. The molecule has 0 N–H and O–H groups in total. The number of fused-ring (bicyclic) bond motifs is 3.